The van der Waals surface area contributed by atoms with Crippen molar-refractivity contribution >= 4 is 34.5 Å². The predicted molar refractivity (Wildman–Crippen MR) is 122 cm³/mol. The molecule has 170 valence electrons. The van der Waals surface area contributed by atoms with Crippen LogP contribution in [-0.2, 0) is 9.59 Å². The summed E-state index contributed by atoms with van der Waals surface area (Å²) in [6, 6.07) is 15.9. The van der Waals surface area contributed by atoms with Gasteiger partial charge in [0, 0.05) is 35.5 Å². The first-order valence-electron chi connectivity index (χ1n) is 10.1. The molecule has 1 unspecified atom stereocenters. The summed E-state index contributed by atoms with van der Waals surface area (Å²) in [5.74, 6) is -2.43. The van der Waals surface area contributed by atoms with E-state index in [9.17, 15) is 34.9 Å². The first-order valence-corrected chi connectivity index (χ1v) is 10.1. The lowest BCUT2D eigenvalue weighted by Gasteiger charge is -2.25. The Bertz CT molecular complexity index is 1360. The minimum absolute atomic E-state index is 0.0861. The monoisotopic (exact) mass is 459 g/mol. The maximum Gasteiger partial charge on any atom is 0.300 e. The zero-order valence-electron chi connectivity index (χ0n) is 17.7. The van der Waals surface area contributed by atoms with E-state index < -0.39 is 33.3 Å². The number of aliphatic hydroxyl groups excluding tert-OH is 1. The van der Waals surface area contributed by atoms with E-state index in [1.165, 1.54) is 41.3 Å². The number of rotatable bonds is 5. The second kappa shape index (κ2) is 8.58. The summed E-state index contributed by atoms with van der Waals surface area (Å²) in [5, 5.41) is 33.3. The number of non-ortho nitro benzene ring substituents is 2. The molecule has 0 saturated carbocycles. The van der Waals surface area contributed by atoms with Crippen molar-refractivity contribution in [3.63, 3.8) is 0 Å². The summed E-state index contributed by atoms with van der Waals surface area (Å²) in [4.78, 5) is 48.5. The fraction of sp³-hybridized carbons (Fsp3) is 0.0833. The summed E-state index contributed by atoms with van der Waals surface area (Å²) in [7, 11) is 0. The number of carbonyl (C=O) groups is 2. The van der Waals surface area contributed by atoms with Gasteiger partial charge in [-0.05, 0) is 36.8 Å². The SMILES string of the molecule is Cc1ccc(N2C(=O)C(=O)/C(=C(/O)c3ccc([N+](=O)[O-])cc3)C2c2cccc([N+](=O)[O-])c2)cc1. The fourth-order valence-corrected chi connectivity index (χ4v) is 3.82. The van der Waals surface area contributed by atoms with Gasteiger partial charge in [0.25, 0.3) is 23.1 Å². The second-order valence-electron chi connectivity index (χ2n) is 7.66. The molecule has 1 atom stereocenters. The molecule has 1 saturated heterocycles. The van der Waals surface area contributed by atoms with E-state index >= 15 is 0 Å². The molecule has 10 nitrogen and oxygen atoms in total. The normalized spacial score (nSPS) is 17.1. The highest BCUT2D eigenvalue weighted by Gasteiger charge is 2.47. The number of benzene rings is 3. The first-order chi connectivity index (χ1) is 16.2. The van der Waals surface area contributed by atoms with Crippen molar-refractivity contribution in [2.75, 3.05) is 4.90 Å². The van der Waals surface area contributed by atoms with Crippen molar-refractivity contribution in [2.45, 2.75) is 13.0 Å². The zero-order valence-corrected chi connectivity index (χ0v) is 17.7. The molecule has 0 aliphatic carbocycles. The number of nitro benzene ring substituents is 2. The Balaban J connectivity index is 1.94. The summed E-state index contributed by atoms with van der Waals surface area (Å²) >= 11 is 0. The molecule has 4 rings (SSSR count). The van der Waals surface area contributed by atoms with Crippen LogP contribution in [-0.4, -0.2) is 26.6 Å². The Morgan fingerprint density at radius 1 is 0.882 bits per heavy atom. The van der Waals surface area contributed by atoms with Crippen LogP contribution >= 0.6 is 0 Å². The summed E-state index contributed by atoms with van der Waals surface area (Å²) < 4.78 is 0. The molecule has 10 heteroatoms. The number of Topliss-reactive ketones (excluding diaryl/α,β-unsaturated/α-hetero) is 1. The standard InChI is InChI=1S/C24H17N3O7/c1-14-5-9-17(10-6-14)25-21(16-3-2-4-19(13-16)27(33)34)20(23(29)24(25)30)22(28)15-7-11-18(12-8-15)26(31)32/h2-13,21,28H,1H3/b22-20+. The highest BCUT2D eigenvalue weighted by molar-refractivity contribution is 6.51. The van der Waals surface area contributed by atoms with Gasteiger partial charge in [-0.2, -0.15) is 0 Å². The van der Waals surface area contributed by atoms with E-state index in [0.717, 1.165) is 17.7 Å². The van der Waals surface area contributed by atoms with E-state index in [-0.39, 0.29) is 28.1 Å². The highest BCUT2D eigenvalue weighted by atomic mass is 16.6. The van der Waals surface area contributed by atoms with Crippen LogP contribution in [0.1, 0.15) is 22.7 Å². The quantitative estimate of drug-likeness (QED) is 0.195. The van der Waals surface area contributed by atoms with Crippen molar-refractivity contribution < 1.29 is 24.5 Å². The van der Waals surface area contributed by atoms with Gasteiger partial charge in [0.15, 0.2) is 0 Å². The van der Waals surface area contributed by atoms with Gasteiger partial charge in [-0.3, -0.25) is 34.7 Å². The molecule has 1 amide bonds. The molecule has 3 aromatic carbocycles. The van der Waals surface area contributed by atoms with Gasteiger partial charge < -0.3 is 5.11 Å². The number of anilines is 1. The van der Waals surface area contributed by atoms with Gasteiger partial charge in [-0.25, -0.2) is 0 Å². The summed E-state index contributed by atoms with van der Waals surface area (Å²) in [5.41, 5.74) is 0.875. The van der Waals surface area contributed by atoms with Gasteiger partial charge in [0.2, 0.25) is 0 Å². The van der Waals surface area contributed by atoms with Gasteiger partial charge >= 0.3 is 0 Å². The van der Waals surface area contributed by atoms with Crippen molar-refractivity contribution in [3.8, 4) is 0 Å². The molecule has 0 radical (unpaired) electrons. The van der Waals surface area contributed by atoms with Gasteiger partial charge in [-0.15, -0.1) is 0 Å². The summed E-state index contributed by atoms with van der Waals surface area (Å²) in [6.45, 7) is 1.85. The maximum atomic E-state index is 13.1. The number of ketones is 1. The smallest absolute Gasteiger partial charge is 0.300 e. The van der Waals surface area contributed by atoms with Crippen LogP contribution in [0.5, 0.6) is 0 Å². The molecule has 1 aliphatic heterocycles. The van der Waals surface area contributed by atoms with Crippen LogP contribution in [0.25, 0.3) is 5.76 Å². The molecular weight excluding hydrogens is 442 g/mol. The van der Waals surface area contributed by atoms with Crippen molar-refractivity contribution in [3.05, 3.63) is 115 Å². The number of hydrogen-bond donors (Lipinski definition) is 1. The van der Waals surface area contributed by atoms with Crippen LogP contribution in [0.2, 0.25) is 0 Å². The third-order valence-corrected chi connectivity index (χ3v) is 5.50. The Morgan fingerprint density at radius 3 is 2.09 bits per heavy atom. The zero-order chi connectivity index (χ0) is 24.6. The minimum Gasteiger partial charge on any atom is -0.507 e. The molecule has 0 spiro atoms. The Kier molecular flexibility index (Phi) is 5.64. The van der Waals surface area contributed by atoms with Crippen LogP contribution in [0, 0.1) is 27.2 Å². The number of aliphatic hydroxyl groups is 1. The Hall–Kier alpha value is -4.86. The molecular formula is C24H17N3O7. The van der Waals surface area contributed by atoms with Gasteiger partial charge in [-0.1, -0.05) is 29.8 Å². The predicted octanol–water partition coefficient (Wildman–Crippen LogP) is 4.44. The first kappa shape index (κ1) is 22.3. The highest BCUT2D eigenvalue weighted by Crippen LogP contribution is 2.42. The van der Waals surface area contributed by atoms with E-state index in [0.29, 0.717) is 5.69 Å². The Morgan fingerprint density at radius 2 is 1.50 bits per heavy atom. The van der Waals surface area contributed by atoms with E-state index in [1.807, 2.05) is 6.92 Å². The number of nitro groups is 2. The minimum atomic E-state index is -1.15. The molecule has 1 aliphatic rings. The third kappa shape index (κ3) is 3.88. The topological polar surface area (TPSA) is 144 Å². The van der Waals surface area contributed by atoms with Crippen LogP contribution in [0.4, 0.5) is 17.1 Å². The van der Waals surface area contributed by atoms with E-state index in [4.69, 9.17) is 0 Å². The van der Waals surface area contributed by atoms with Crippen LogP contribution in [0.15, 0.2) is 78.4 Å². The van der Waals surface area contributed by atoms with E-state index in [2.05, 4.69) is 0 Å². The lowest BCUT2D eigenvalue weighted by atomic mass is 9.94. The average molecular weight is 459 g/mol. The number of aryl methyl sites for hydroxylation is 1. The molecule has 0 aromatic heterocycles. The van der Waals surface area contributed by atoms with Crippen LogP contribution in [0.3, 0.4) is 0 Å². The molecule has 1 N–H and O–H groups in total. The molecule has 1 fully saturated rings. The van der Waals surface area contributed by atoms with E-state index in [1.54, 1.807) is 24.3 Å². The molecule has 3 aromatic rings. The van der Waals surface area contributed by atoms with Gasteiger partial charge in [0.05, 0.1) is 21.5 Å². The Labute approximate surface area is 192 Å². The summed E-state index contributed by atoms with van der Waals surface area (Å²) in [6.07, 6.45) is 0. The largest absolute Gasteiger partial charge is 0.507 e. The third-order valence-electron chi connectivity index (χ3n) is 5.50. The lowest BCUT2D eigenvalue weighted by Crippen LogP contribution is -2.29. The van der Waals surface area contributed by atoms with Crippen molar-refractivity contribution in [1.29, 1.82) is 0 Å². The van der Waals surface area contributed by atoms with Crippen LogP contribution < -0.4 is 4.90 Å². The molecule has 0 bridgehead atoms. The second-order valence-corrected chi connectivity index (χ2v) is 7.66. The fourth-order valence-electron chi connectivity index (χ4n) is 3.82. The van der Waals surface area contributed by atoms with Crippen molar-refractivity contribution in [2.24, 2.45) is 0 Å². The molecule has 1 heterocycles. The average Bonchev–Trinajstić information content (AvgIpc) is 3.09. The number of amides is 1. The van der Waals surface area contributed by atoms with Gasteiger partial charge in [0.1, 0.15) is 5.76 Å². The lowest BCUT2D eigenvalue weighted by molar-refractivity contribution is -0.385. The number of carbonyl (C=O) groups excluding carboxylic acids is 2. The number of hydrogen-bond acceptors (Lipinski definition) is 7. The number of nitrogens with zero attached hydrogens (tertiary/aromatic N) is 3. The maximum absolute atomic E-state index is 13.1. The molecule has 34 heavy (non-hydrogen) atoms. The van der Waals surface area contributed by atoms with Crippen molar-refractivity contribution in [1.82, 2.24) is 0 Å².